The number of amides is 2. The molecule has 7 nitrogen and oxygen atoms in total. The Balaban J connectivity index is 1.27. The molecule has 8 heteroatoms. The van der Waals surface area contributed by atoms with Crippen LogP contribution >= 0.6 is 15.9 Å². The number of hydrogen-bond donors (Lipinski definition) is 3. The Labute approximate surface area is 182 Å². The summed E-state index contributed by atoms with van der Waals surface area (Å²) in [6.07, 6.45) is 4.53. The number of urea groups is 1. The van der Waals surface area contributed by atoms with Crippen LogP contribution in [-0.2, 0) is 12.8 Å². The van der Waals surface area contributed by atoms with Crippen molar-refractivity contribution in [3.63, 3.8) is 0 Å². The van der Waals surface area contributed by atoms with Gasteiger partial charge in [-0.1, -0.05) is 6.07 Å². The van der Waals surface area contributed by atoms with Crippen LogP contribution in [-0.4, -0.2) is 10.8 Å². The third kappa shape index (κ3) is 3.48. The predicted molar refractivity (Wildman–Crippen MR) is 122 cm³/mol. The van der Waals surface area contributed by atoms with Gasteiger partial charge in [0.05, 0.1) is 11.8 Å². The van der Waals surface area contributed by atoms with Gasteiger partial charge in [-0.15, -0.1) is 0 Å². The lowest BCUT2D eigenvalue weighted by Gasteiger charge is -2.31. The fourth-order valence-electron chi connectivity index (χ4n) is 3.93. The summed E-state index contributed by atoms with van der Waals surface area (Å²) in [5.41, 5.74) is 12.2. The van der Waals surface area contributed by atoms with Gasteiger partial charge in [0.2, 0.25) is 5.88 Å². The summed E-state index contributed by atoms with van der Waals surface area (Å²) in [4.78, 5) is 18.6. The van der Waals surface area contributed by atoms with E-state index in [1.54, 1.807) is 6.26 Å². The van der Waals surface area contributed by atoms with Crippen molar-refractivity contribution in [1.82, 2.24) is 0 Å². The van der Waals surface area contributed by atoms with Crippen LogP contribution in [0.4, 0.5) is 27.7 Å². The first-order valence-electron chi connectivity index (χ1n) is 9.75. The molecule has 0 bridgehead atoms. The average Bonchev–Trinajstić information content (AvgIpc) is 3.38. The Bertz CT molecular complexity index is 1140. The fourth-order valence-corrected chi connectivity index (χ4v) is 4.52. The van der Waals surface area contributed by atoms with Crippen molar-refractivity contribution < 1.29 is 9.21 Å². The molecule has 1 aliphatic heterocycles. The van der Waals surface area contributed by atoms with Crippen LogP contribution in [0.15, 0.2) is 64.2 Å². The van der Waals surface area contributed by atoms with E-state index in [4.69, 9.17) is 10.2 Å². The molecule has 5 rings (SSSR count). The van der Waals surface area contributed by atoms with Crippen molar-refractivity contribution in [3.8, 4) is 0 Å². The van der Waals surface area contributed by atoms with Crippen molar-refractivity contribution in [1.29, 1.82) is 0 Å². The lowest BCUT2D eigenvalue weighted by molar-refractivity contribution is 0.262. The molecule has 1 aromatic heterocycles. The predicted octanol–water partition coefficient (Wildman–Crippen LogP) is 5.27. The molecule has 2 amide bonds. The van der Waals surface area contributed by atoms with Crippen LogP contribution in [0.1, 0.15) is 29.3 Å². The van der Waals surface area contributed by atoms with Crippen LogP contribution in [0.5, 0.6) is 0 Å². The lowest BCUT2D eigenvalue weighted by atomic mass is 10.1. The number of carbonyl (C=O) groups is 1. The van der Waals surface area contributed by atoms with Gasteiger partial charge >= 0.3 is 6.03 Å². The van der Waals surface area contributed by atoms with E-state index in [0.717, 1.165) is 29.8 Å². The Morgan fingerprint density at radius 3 is 2.63 bits per heavy atom. The van der Waals surface area contributed by atoms with E-state index in [2.05, 4.69) is 43.7 Å². The summed E-state index contributed by atoms with van der Waals surface area (Å²) in [6.45, 7) is 0. The first kappa shape index (κ1) is 18.9. The van der Waals surface area contributed by atoms with Crippen LogP contribution < -0.4 is 21.3 Å². The minimum Gasteiger partial charge on any atom is -0.446 e. The van der Waals surface area contributed by atoms with Gasteiger partial charge in [0.25, 0.3) is 0 Å². The molecule has 2 aliphatic rings. The van der Waals surface area contributed by atoms with Gasteiger partial charge in [-0.2, -0.15) is 4.99 Å². The van der Waals surface area contributed by atoms with Gasteiger partial charge in [0, 0.05) is 17.1 Å². The van der Waals surface area contributed by atoms with E-state index < -0.39 is 6.17 Å². The van der Waals surface area contributed by atoms with Gasteiger partial charge in [-0.05, 0) is 88.8 Å². The Kier molecular flexibility index (Phi) is 4.80. The first-order chi connectivity index (χ1) is 14.6. The number of amidine groups is 1. The molecule has 0 fully saturated rings. The summed E-state index contributed by atoms with van der Waals surface area (Å²) >= 11 is 3.46. The number of nitrogens with two attached hydrogens (primary N) is 1. The summed E-state index contributed by atoms with van der Waals surface area (Å²) in [5.74, 6) is 0.507. The van der Waals surface area contributed by atoms with Crippen LogP contribution in [0, 0.1) is 0 Å². The quantitative estimate of drug-likeness (QED) is 0.458. The topological polar surface area (TPSA) is 95.9 Å². The number of aliphatic imine (C=N–C) groups is 1. The van der Waals surface area contributed by atoms with E-state index in [1.807, 2.05) is 41.3 Å². The van der Waals surface area contributed by atoms with E-state index in [0.29, 0.717) is 16.3 Å². The van der Waals surface area contributed by atoms with E-state index in [-0.39, 0.29) is 6.03 Å². The zero-order valence-electron chi connectivity index (χ0n) is 16.1. The number of anilines is 3. The number of nitrogens with zero attached hydrogens (tertiary/aromatic N) is 2. The smallest absolute Gasteiger partial charge is 0.323 e. The standard InChI is InChI=1S/C22H20BrN5O2/c23-21-27-20-18(10-11-30-20)19(24)28(21)17-8-6-15(7-9-17)25-22(29)26-16-5-4-13-2-1-3-14(13)12-16/h4-12,19H,1-3,24H2,(H2,25,26,29). The molecule has 152 valence electrons. The third-order valence-corrected chi connectivity index (χ3v) is 5.98. The molecule has 1 atom stereocenters. The number of carbonyl (C=O) groups excluding carboxylic acids is 1. The molecular weight excluding hydrogens is 446 g/mol. The van der Waals surface area contributed by atoms with E-state index in [9.17, 15) is 4.79 Å². The zero-order valence-corrected chi connectivity index (χ0v) is 17.6. The number of aryl methyl sites for hydroxylation is 2. The number of fused-ring (bicyclic) bond motifs is 2. The monoisotopic (exact) mass is 465 g/mol. The molecule has 0 radical (unpaired) electrons. The molecule has 1 unspecified atom stereocenters. The second-order valence-electron chi connectivity index (χ2n) is 7.34. The van der Waals surface area contributed by atoms with Crippen molar-refractivity contribution in [2.45, 2.75) is 25.4 Å². The summed E-state index contributed by atoms with van der Waals surface area (Å²) in [6, 6.07) is 15.1. The molecule has 0 saturated heterocycles. The maximum Gasteiger partial charge on any atom is 0.323 e. The van der Waals surface area contributed by atoms with E-state index >= 15 is 0 Å². The van der Waals surface area contributed by atoms with Gasteiger partial charge in [-0.3, -0.25) is 0 Å². The van der Waals surface area contributed by atoms with Crippen LogP contribution in [0.25, 0.3) is 0 Å². The first-order valence-corrected chi connectivity index (χ1v) is 10.5. The largest absolute Gasteiger partial charge is 0.446 e. The minimum atomic E-state index is -0.424. The molecule has 0 saturated carbocycles. The number of benzene rings is 2. The number of furan rings is 1. The highest BCUT2D eigenvalue weighted by molar-refractivity contribution is 9.18. The maximum absolute atomic E-state index is 12.4. The number of halogens is 1. The molecular formula is C22H20BrN5O2. The van der Waals surface area contributed by atoms with Gasteiger partial charge in [-0.25, -0.2) is 4.79 Å². The Morgan fingerprint density at radius 1 is 1.07 bits per heavy atom. The average molecular weight is 466 g/mol. The molecule has 30 heavy (non-hydrogen) atoms. The highest BCUT2D eigenvalue weighted by atomic mass is 79.9. The number of nitrogens with one attached hydrogen (secondary N) is 2. The lowest BCUT2D eigenvalue weighted by Crippen LogP contribution is -2.38. The molecule has 2 heterocycles. The number of hydrogen-bond acceptors (Lipinski definition) is 5. The zero-order chi connectivity index (χ0) is 20.7. The van der Waals surface area contributed by atoms with Gasteiger partial charge in [0.1, 0.15) is 6.17 Å². The van der Waals surface area contributed by atoms with Crippen molar-refractivity contribution in [3.05, 3.63) is 71.5 Å². The third-order valence-electron chi connectivity index (χ3n) is 5.42. The molecule has 3 aromatic rings. The summed E-state index contributed by atoms with van der Waals surface area (Å²) < 4.78 is 5.90. The van der Waals surface area contributed by atoms with Crippen molar-refractivity contribution in [2.24, 2.45) is 10.7 Å². The van der Waals surface area contributed by atoms with E-state index in [1.165, 1.54) is 17.5 Å². The van der Waals surface area contributed by atoms with Gasteiger partial charge in [0.15, 0.2) is 4.74 Å². The molecule has 4 N–H and O–H groups in total. The van der Waals surface area contributed by atoms with Crippen molar-refractivity contribution >= 4 is 49.7 Å². The molecule has 1 aliphatic carbocycles. The summed E-state index contributed by atoms with van der Waals surface area (Å²) in [5, 5.41) is 5.77. The summed E-state index contributed by atoms with van der Waals surface area (Å²) in [7, 11) is 0. The minimum absolute atomic E-state index is 0.277. The normalized spacial score (nSPS) is 17.2. The highest BCUT2D eigenvalue weighted by Gasteiger charge is 2.29. The van der Waals surface area contributed by atoms with Crippen LogP contribution in [0.3, 0.4) is 0 Å². The van der Waals surface area contributed by atoms with Crippen LogP contribution in [0.2, 0.25) is 0 Å². The SMILES string of the molecule is NC1c2ccoc2N=C(Br)N1c1ccc(NC(=O)Nc2ccc3c(c2)CCC3)cc1. The van der Waals surface area contributed by atoms with Gasteiger partial charge < -0.3 is 25.7 Å². The fraction of sp³-hybridized carbons (Fsp3) is 0.182. The van der Waals surface area contributed by atoms with Crippen molar-refractivity contribution in [2.75, 3.05) is 15.5 Å². The Morgan fingerprint density at radius 2 is 1.80 bits per heavy atom. The molecule has 2 aromatic carbocycles. The highest BCUT2D eigenvalue weighted by Crippen LogP contribution is 2.37. The number of rotatable bonds is 3. The Hall–Kier alpha value is -3.10. The second kappa shape index (κ2) is 7.62. The second-order valence-corrected chi connectivity index (χ2v) is 8.05. The maximum atomic E-state index is 12.4. The molecule has 0 spiro atoms.